The monoisotopic (exact) mass is 195 g/mol. The van der Waals surface area contributed by atoms with Gasteiger partial charge in [0.1, 0.15) is 0 Å². The quantitative estimate of drug-likeness (QED) is 0.676. The average molecular weight is 195 g/mol. The van der Waals surface area contributed by atoms with Crippen LogP contribution in [0.3, 0.4) is 0 Å². The standard InChI is InChI=1S/C12H21NO/c1-5-10-6-7-11(13-8-10)14-9-12(2,3)4/h7-8,10H,5-6,9H2,1-4H3. The summed E-state index contributed by atoms with van der Waals surface area (Å²) in [6.45, 7) is 9.40. The van der Waals surface area contributed by atoms with E-state index in [0.29, 0.717) is 5.92 Å². The van der Waals surface area contributed by atoms with E-state index >= 15 is 0 Å². The van der Waals surface area contributed by atoms with Crippen LogP contribution in [-0.2, 0) is 4.74 Å². The Balaban J connectivity index is 2.35. The lowest BCUT2D eigenvalue weighted by atomic mass is 9.98. The summed E-state index contributed by atoms with van der Waals surface area (Å²) < 4.78 is 5.60. The van der Waals surface area contributed by atoms with Crippen molar-refractivity contribution in [2.45, 2.75) is 40.5 Å². The smallest absolute Gasteiger partial charge is 0.208 e. The zero-order valence-electron chi connectivity index (χ0n) is 9.71. The molecule has 1 aliphatic heterocycles. The Hall–Kier alpha value is -0.790. The fourth-order valence-electron chi connectivity index (χ4n) is 1.20. The average Bonchev–Trinajstić information content (AvgIpc) is 2.14. The minimum absolute atomic E-state index is 0.206. The van der Waals surface area contributed by atoms with Crippen LogP contribution in [-0.4, -0.2) is 12.8 Å². The van der Waals surface area contributed by atoms with Crippen molar-refractivity contribution >= 4 is 6.21 Å². The Labute approximate surface area is 87.1 Å². The molecule has 0 aromatic carbocycles. The van der Waals surface area contributed by atoms with E-state index < -0.39 is 0 Å². The largest absolute Gasteiger partial charge is 0.477 e. The second-order valence-corrected chi connectivity index (χ2v) is 5.07. The van der Waals surface area contributed by atoms with Gasteiger partial charge in [0.05, 0.1) is 6.61 Å². The molecule has 0 saturated heterocycles. The number of ether oxygens (including phenoxy) is 1. The predicted octanol–water partition coefficient (Wildman–Crippen LogP) is 3.39. The molecule has 1 atom stereocenters. The van der Waals surface area contributed by atoms with Gasteiger partial charge in [-0.05, 0) is 30.3 Å². The molecule has 2 heteroatoms. The molecule has 0 aliphatic carbocycles. The first kappa shape index (κ1) is 11.3. The van der Waals surface area contributed by atoms with Crippen LogP contribution in [0.2, 0.25) is 0 Å². The van der Waals surface area contributed by atoms with E-state index in [1.54, 1.807) is 0 Å². The zero-order valence-corrected chi connectivity index (χ0v) is 9.71. The van der Waals surface area contributed by atoms with Crippen molar-refractivity contribution in [3.8, 4) is 0 Å². The van der Waals surface area contributed by atoms with Crippen molar-refractivity contribution < 1.29 is 4.74 Å². The summed E-state index contributed by atoms with van der Waals surface area (Å²) in [6, 6.07) is 0. The molecular formula is C12H21NO. The molecule has 0 radical (unpaired) electrons. The number of hydrogen-bond donors (Lipinski definition) is 0. The first-order valence-corrected chi connectivity index (χ1v) is 5.38. The Morgan fingerprint density at radius 2 is 2.21 bits per heavy atom. The summed E-state index contributed by atoms with van der Waals surface area (Å²) in [4.78, 5) is 4.30. The van der Waals surface area contributed by atoms with Crippen LogP contribution in [0.4, 0.5) is 0 Å². The van der Waals surface area contributed by atoms with Crippen LogP contribution in [0, 0.1) is 11.3 Å². The molecular weight excluding hydrogens is 174 g/mol. The number of hydrogen-bond acceptors (Lipinski definition) is 2. The summed E-state index contributed by atoms with van der Waals surface area (Å²) in [5, 5.41) is 0. The summed E-state index contributed by atoms with van der Waals surface area (Å²) in [6.07, 6.45) is 6.34. The molecule has 0 saturated carbocycles. The molecule has 0 amide bonds. The number of nitrogens with zero attached hydrogens (tertiary/aromatic N) is 1. The van der Waals surface area contributed by atoms with Gasteiger partial charge in [-0.15, -0.1) is 0 Å². The fraction of sp³-hybridized carbons (Fsp3) is 0.750. The van der Waals surface area contributed by atoms with E-state index in [2.05, 4.69) is 38.8 Å². The van der Waals surface area contributed by atoms with Crippen LogP contribution < -0.4 is 0 Å². The molecule has 0 spiro atoms. The van der Waals surface area contributed by atoms with Crippen LogP contribution in [0.25, 0.3) is 0 Å². The second-order valence-electron chi connectivity index (χ2n) is 5.07. The SMILES string of the molecule is CCC1C=NC(OCC(C)(C)C)=CC1. The van der Waals surface area contributed by atoms with Gasteiger partial charge < -0.3 is 4.74 Å². The third-order valence-electron chi connectivity index (χ3n) is 2.19. The molecule has 0 fully saturated rings. The van der Waals surface area contributed by atoms with Gasteiger partial charge in [0.15, 0.2) is 0 Å². The van der Waals surface area contributed by atoms with E-state index in [0.717, 1.165) is 25.3 Å². The molecule has 1 aliphatic rings. The highest BCUT2D eigenvalue weighted by atomic mass is 16.5. The van der Waals surface area contributed by atoms with Crippen molar-refractivity contribution in [2.24, 2.45) is 16.3 Å². The summed E-state index contributed by atoms with van der Waals surface area (Å²) >= 11 is 0. The molecule has 0 N–H and O–H groups in total. The number of allylic oxidation sites excluding steroid dienone is 1. The van der Waals surface area contributed by atoms with E-state index in [-0.39, 0.29) is 5.41 Å². The van der Waals surface area contributed by atoms with Gasteiger partial charge in [-0.25, -0.2) is 4.99 Å². The lowest BCUT2D eigenvalue weighted by Crippen LogP contribution is -2.15. The minimum atomic E-state index is 0.206. The molecule has 2 nitrogen and oxygen atoms in total. The summed E-state index contributed by atoms with van der Waals surface area (Å²) in [5.74, 6) is 1.40. The summed E-state index contributed by atoms with van der Waals surface area (Å²) in [5.41, 5.74) is 0.206. The second kappa shape index (κ2) is 4.63. The van der Waals surface area contributed by atoms with E-state index in [4.69, 9.17) is 4.74 Å². The molecule has 0 bridgehead atoms. The highest BCUT2D eigenvalue weighted by molar-refractivity contribution is 5.63. The Bertz CT molecular complexity index is 235. The number of rotatable bonds is 3. The lowest BCUT2D eigenvalue weighted by molar-refractivity contribution is 0.124. The molecule has 1 heterocycles. The van der Waals surface area contributed by atoms with Gasteiger partial charge in [-0.3, -0.25) is 0 Å². The first-order valence-electron chi connectivity index (χ1n) is 5.38. The molecule has 0 aromatic rings. The first-order chi connectivity index (χ1) is 6.51. The highest BCUT2D eigenvalue weighted by Gasteiger charge is 2.13. The third-order valence-corrected chi connectivity index (χ3v) is 2.19. The zero-order chi connectivity index (χ0) is 10.6. The van der Waals surface area contributed by atoms with Crippen LogP contribution in [0.1, 0.15) is 40.5 Å². The van der Waals surface area contributed by atoms with Crippen LogP contribution >= 0.6 is 0 Å². The topological polar surface area (TPSA) is 21.6 Å². The molecule has 0 aromatic heterocycles. The van der Waals surface area contributed by atoms with Gasteiger partial charge in [-0.1, -0.05) is 27.7 Å². The van der Waals surface area contributed by atoms with E-state index in [1.807, 2.05) is 6.21 Å². The molecule has 1 unspecified atom stereocenters. The van der Waals surface area contributed by atoms with Gasteiger partial charge in [-0.2, -0.15) is 0 Å². The van der Waals surface area contributed by atoms with Crippen molar-refractivity contribution in [2.75, 3.05) is 6.61 Å². The predicted molar refractivity (Wildman–Crippen MR) is 60.4 cm³/mol. The van der Waals surface area contributed by atoms with Crippen LogP contribution in [0.5, 0.6) is 0 Å². The van der Waals surface area contributed by atoms with Crippen molar-refractivity contribution in [3.05, 3.63) is 12.0 Å². The highest BCUT2D eigenvalue weighted by Crippen LogP contribution is 2.19. The maximum atomic E-state index is 5.60. The van der Waals surface area contributed by atoms with Gasteiger partial charge in [0.25, 0.3) is 0 Å². The van der Waals surface area contributed by atoms with Crippen molar-refractivity contribution in [1.82, 2.24) is 0 Å². The van der Waals surface area contributed by atoms with Crippen LogP contribution in [0.15, 0.2) is 17.0 Å². The summed E-state index contributed by atoms with van der Waals surface area (Å²) in [7, 11) is 0. The number of aliphatic imine (C=N–C) groups is 1. The lowest BCUT2D eigenvalue weighted by Gasteiger charge is -2.20. The van der Waals surface area contributed by atoms with Crippen molar-refractivity contribution in [3.63, 3.8) is 0 Å². The van der Waals surface area contributed by atoms with Gasteiger partial charge in [0.2, 0.25) is 5.88 Å². The Morgan fingerprint density at radius 1 is 1.50 bits per heavy atom. The van der Waals surface area contributed by atoms with E-state index in [1.165, 1.54) is 0 Å². The maximum Gasteiger partial charge on any atom is 0.208 e. The van der Waals surface area contributed by atoms with Gasteiger partial charge in [0, 0.05) is 6.21 Å². The normalized spacial score (nSPS) is 22.0. The molecule has 80 valence electrons. The maximum absolute atomic E-state index is 5.60. The fourth-order valence-corrected chi connectivity index (χ4v) is 1.20. The van der Waals surface area contributed by atoms with Gasteiger partial charge >= 0.3 is 0 Å². The van der Waals surface area contributed by atoms with Crippen molar-refractivity contribution in [1.29, 1.82) is 0 Å². The molecule has 1 rings (SSSR count). The Morgan fingerprint density at radius 3 is 2.64 bits per heavy atom. The third kappa shape index (κ3) is 3.95. The minimum Gasteiger partial charge on any atom is -0.477 e. The van der Waals surface area contributed by atoms with E-state index in [9.17, 15) is 0 Å². The molecule has 14 heavy (non-hydrogen) atoms. The Kier molecular flexibility index (Phi) is 3.73.